The minimum absolute atomic E-state index is 0.0215. The average Bonchev–Trinajstić information content (AvgIpc) is 3.65. The summed E-state index contributed by atoms with van der Waals surface area (Å²) in [5, 5.41) is 7.58. The fourth-order valence-corrected chi connectivity index (χ4v) is 6.59. The zero-order valence-electron chi connectivity index (χ0n) is 23.2. The molecule has 0 saturated carbocycles. The van der Waals surface area contributed by atoms with Crippen LogP contribution in [0.5, 0.6) is 5.75 Å². The van der Waals surface area contributed by atoms with Crippen molar-refractivity contribution >= 4 is 29.4 Å². The minimum atomic E-state index is -0.415. The van der Waals surface area contributed by atoms with Crippen LogP contribution in [0.4, 0.5) is 10.2 Å². The van der Waals surface area contributed by atoms with Gasteiger partial charge in [-0.05, 0) is 54.8 Å². The van der Waals surface area contributed by atoms with Crippen molar-refractivity contribution in [3.05, 3.63) is 95.8 Å². The van der Waals surface area contributed by atoms with E-state index >= 15 is 0 Å². The van der Waals surface area contributed by atoms with Crippen molar-refractivity contribution in [2.45, 2.75) is 24.2 Å². The Morgan fingerprint density at radius 2 is 1.93 bits per heavy atom. The van der Waals surface area contributed by atoms with Crippen LogP contribution < -0.4 is 15.0 Å². The maximum atomic E-state index is 14.5. The molecule has 4 aromatic rings. The molecule has 8 nitrogen and oxygen atoms in total. The molecule has 2 unspecified atom stereocenters. The molecule has 2 aliphatic rings. The third-order valence-electron chi connectivity index (χ3n) is 7.46. The van der Waals surface area contributed by atoms with Gasteiger partial charge in [0.15, 0.2) is 0 Å². The number of amides is 2. The van der Waals surface area contributed by atoms with Gasteiger partial charge in [0.2, 0.25) is 11.8 Å². The van der Waals surface area contributed by atoms with Gasteiger partial charge in [-0.2, -0.15) is 5.10 Å². The van der Waals surface area contributed by atoms with Gasteiger partial charge in [0, 0.05) is 24.3 Å². The van der Waals surface area contributed by atoms with Crippen LogP contribution in [-0.4, -0.2) is 60.3 Å². The van der Waals surface area contributed by atoms with E-state index in [2.05, 4.69) is 5.32 Å². The van der Waals surface area contributed by atoms with E-state index in [-0.39, 0.29) is 36.0 Å². The molecule has 10 heteroatoms. The monoisotopic (exact) mass is 586 g/mol. The number of hydrogen-bond acceptors (Lipinski definition) is 6. The molecular formula is C32H31FN4O4S. The highest BCUT2D eigenvalue weighted by Crippen LogP contribution is 2.48. The van der Waals surface area contributed by atoms with Crippen molar-refractivity contribution in [3.63, 3.8) is 0 Å². The third kappa shape index (κ3) is 5.77. The number of anilines is 1. The molecule has 42 heavy (non-hydrogen) atoms. The van der Waals surface area contributed by atoms with E-state index in [1.165, 1.54) is 28.8 Å². The van der Waals surface area contributed by atoms with Gasteiger partial charge in [0.1, 0.15) is 23.9 Å². The van der Waals surface area contributed by atoms with Crippen LogP contribution in [0.25, 0.3) is 16.9 Å². The molecule has 6 rings (SSSR count). The van der Waals surface area contributed by atoms with Crippen LogP contribution in [0, 0.1) is 5.82 Å². The second kappa shape index (κ2) is 12.4. The quantitative estimate of drug-likeness (QED) is 0.307. The second-order valence-electron chi connectivity index (χ2n) is 10.2. The van der Waals surface area contributed by atoms with Gasteiger partial charge in [0.05, 0.1) is 35.6 Å². The lowest BCUT2D eigenvalue weighted by molar-refractivity contribution is -0.123. The van der Waals surface area contributed by atoms with Crippen LogP contribution in [-0.2, 0) is 14.3 Å². The highest BCUT2D eigenvalue weighted by Gasteiger charge is 2.38. The molecular weight excluding hydrogens is 555 g/mol. The summed E-state index contributed by atoms with van der Waals surface area (Å²) < 4.78 is 27.2. The van der Waals surface area contributed by atoms with E-state index in [1.807, 2.05) is 60.7 Å². The zero-order chi connectivity index (χ0) is 29.1. The van der Waals surface area contributed by atoms with Crippen molar-refractivity contribution in [2.24, 2.45) is 0 Å². The topological polar surface area (TPSA) is 85.7 Å². The molecule has 0 aliphatic carbocycles. The fraction of sp³-hybridized carbons (Fsp3) is 0.281. The maximum Gasteiger partial charge on any atom is 0.240 e. The van der Waals surface area contributed by atoms with Gasteiger partial charge in [-0.15, -0.1) is 11.8 Å². The highest BCUT2D eigenvalue weighted by molar-refractivity contribution is 8.00. The Morgan fingerprint density at radius 3 is 2.64 bits per heavy atom. The van der Waals surface area contributed by atoms with Crippen LogP contribution in [0.3, 0.4) is 0 Å². The van der Waals surface area contributed by atoms with Crippen LogP contribution in [0.2, 0.25) is 0 Å². The lowest BCUT2D eigenvalue weighted by Gasteiger charge is -2.23. The van der Waals surface area contributed by atoms with E-state index in [0.29, 0.717) is 41.7 Å². The molecule has 2 amide bonds. The SMILES string of the molecule is COc1ccc(-n2nc(-c3ccccc3)c3c2N(CC(=O)NCC2CCCO2)C(=O)CSC3c2cccc(F)c2)cc1. The molecule has 0 spiro atoms. The molecule has 2 atom stereocenters. The summed E-state index contributed by atoms with van der Waals surface area (Å²) in [6, 6.07) is 23.5. The molecule has 1 N–H and O–H groups in total. The van der Waals surface area contributed by atoms with Gasteiger partial charge in [0.25, 0.3) is 0 Å². The molecule has 0 bridgehead atoms. The van der Waals surface area contributed by atoms with Crippen LogP contribution in [0.1, 0.15) is 29.2 Å². The second-order valence-corrected chi connectivity index (χ2v) is 11.3. The predicted molar refractivity (Wildman–Crippen MR) is 161 cm³/mol. The summed E-state index contributed by atoms with van der Waals surface area (Å²) in [4.78, 5) is 28.6. The van der Waals surface area contributed by atoms with Crippen molar-refractivity contribution in [2.75, 3.05) is 37.5 Å². The van der Waals surface area contributed by atoms with Crippen LogP contribution >= 0.6 is 11.8 Å². The van der Waals surface area contributed by atoms with Crippen molar-refractivity contribution in [1.82, 2.24) is 15.1 Å². The number of nitrogens with one attached hydrogen (secondary N) is 1. The molecule has 216 valence electrons. The third-order valence-corrected chi connectivity index (χ3v) is 8.71. The van der Waals surface area contributed by atoms with E-state index in [9.17, 15) is 14.0 Å². The summed E-state index contributed by atoms with van der Waals surface area (Å²) in [6.45, 7) is 0.892. The number of carbonyl (C=O) groups is 2. The number of benzene rings is 3. The van der Waals surface area contributed by atoms with E-state index < -0.39 is 5.25 Å². The molecule has 0 radical (unpaired) electrons. The van der Waals surface area contributed by atoms with Gasteiger partial charge in [-0.1, -0.05) is 42.5 Å². The first-order valence-electron chi connectivity index (χ1n) is 13.9. The molecule has 3 aromatic carbocycles. The Labute approximate surface area is 247 Å². The molecule has 1 aromatic heterocycles. The number of thioether (sulfide) groups is 1. The Kier molecular flexibility index (Phi) is 8.25. The highest BCUT2D eigenvalue weighted by atomic mass is 32.2. The number of aromatic nitrogens is 2. The molecule has 3 heterocycles. The normalized spacial score (nSPS) is 18.4. The summed E-state index contributed by atoms with van der Waals surface area (Å²) in [5.41, 5.74) is 3.65. The fourth-order valence-electron chi connectivity index (χ4n) is 5.40. The summed E-state index contributed by atoms with van der Waals surface area (Å²) in [6.07, 6.45) is 1.84. The van der Waals surface area contributed by atoms with Crippen molar-refractivity contribution < 1.29 is 23.5 Å². The Bertz CT molecular complexity index is 1570. The average molecular weight is 587 g/mol. The van der Waals surface area contributed by atoms with Gasteiger partial charge >= 0.3 is 0 Å². The largest absolute Gasteiger partial charge is 0.497 e. The van der Waals surface area contributed by atoms with E-state index in [0.717, 1.165) is 24.0 Å². The number of hydrogen-bond donors (Lipinski definition) is 1. The van der Waals surface area contributed by atoms with Gasteiger partial charge in [-0.3, -0.25) is 14.5 Å². The number of fused-ring (bicyclic) bond motifs is 1. The van der Waals surface area contributed by atoms with Crippen molar-refractivity contribution in [3.8, 4) is 22.7 Å². The number of nitrogens with zero attached hydrogens (tertiary/aromatic N) is 3. The summed E-state index contributed by atoms with van der Waals surface area (Å²) >= 11 is 1.40. The maximum absolute atomic E-state index is 14.5. The minimum Gasteiger partial charge on any atom is -0.497 e. The van der Waals surface area contributed by atoms with Crippen molar-refractivity contribution in [1.29, 1.82) is 0 Å². The Hall–Kier alpha value is -4.15. The Balaban J connectivity index is 1.51. The van der Waals surface area contributed by atoms with E-state index in [4.69, 9.17) is 14.6 Å². The zero-order valence-corrected chi connectivity index (χ0v) is 24.0. The predicted octanol–water partition coefficient (Wildman–Crippen LogP) is 5.15. The smallest absolute Gasteiger partial charge is 0.240 e. The molecule has 2 aliphatic heterocycles. The number of carbonyl (C=O) groups excluding carboxylic acids is 2. The van der Waals surface area contributed by atoms with Gasteiger partial charge in [-0.25, -0.2) is 9.07 Å². The number of halogens is 1. The number of ether oxygens (including phenoxy) is 2. The number of methoxy groups -OCH3 is 1. The first-order valence-corrected chi connectivity index (χ1v) is 14.9. The lowest BCUT2D eigenvalue weighted by atomic mass is 9.99. The first kappa shape index (κ1) is 28.0. The van der Waals surface area contributed by atoms with E-state index in [1.54, 1.807) is 17.9 Å². The van der Waals surface area contributed by atoms with Gasteiger partial charge < -0.3 is 14.8 Å². The lowest BCUT2D eigenvalue weighted by Crippen LogP contribution is -2.44. The summed E-state index contributed by atoms with van der Waals surface area (Å²) in [7, 11) is 1.60. The first-order chi connectivity index (χ1) is 20.5. The summed E-state index contributed by atoms with van der Waals surface area (Å²) in [5.74, 6) is 0.375. The molecule has 1 fully saturated rings. The van der Waals surface area contributed by atoms with Crippen LogP contribution in [0.15, 0.2) is 78.9 Å². The standard InChI is InChI=1S/C32H31FN4O4S/c1-40-25-14-12-24(13-15-25)37-32-29(30(35-37)21-7-3-2-4-8-21)31(22-9-5-10-23(33)17-22)42-20-28(39)36(32)19-27(38)34-18-26-11-6-16-41-26/h2-5,7-10,12-15,17,26,31H,6,11,16,18-20H2,1H3,(H,34,38). The number of rotatable bonds is 8. The molecule has 1 saturated heterocycles. The Morgan fingerprint density at radius 1 is 1.12 bits per heavy atom.